The summed E-state index contributed by atoms with van der Waals surface area (Å²) in [6, 6.07) is 0. The Balaban J connectivity index is 1.85. The highest BCUT2D eigenvalue weighted by Gasteiger charge is 2.38. The van der Waals surface area contributed by atoms with Gasteiger partial charge in [-0.3, -0.25) is 9.09 Å². The molecular formula is C10H13BrN5O6P. The molecule has 11 nitrogen and oxygen atoms in total. The summed E-state index contributed by atoms with van der Waals surface area (Å²) in [6.45, 7) is -0.441. The predicted molar refractivity (Wildman–Crippen MR) is 80.0 cm³/mol. The summed E-state index contributed by atoms with van der Waals surface area (Å²) in [5, 5.41) is 10.0. The molecule has 0 spiro atoms. The van der Waals surface area contributed by atoms with Crippen molar-refractivity contribution in [1.29, 1.82) is 0 Å². The molecule has 0 radical (unpaired) electrons. The normalized spacial score (nSPS) is 25.3. The highest BCUT2D eigenvalue weighted by atomic mass is 79.9. The second-order valence-electron chi connectivity index (χ2n) is 4.90. The molecule has 1 aliphatic rings. The zero-order valence-corrected chi connectivity index (χ0v) is 14.0. The first kappa shape index (κ1) is 16.7. The summed E-state index contributed by atoms with van der Waals surface area (Å²) in [4.78, 5) is 29.6. The largest absolute Gasteiger partial charge is 0.469 e. The molecule has 1 aliphatic heterocycles. The van der Waals surface area contributed by atoms with Crippen LogP contribution in [-0.2, 0) is 13.8 Å². The molecule has 2 aromatic heterocycles. The van der Waals surface area contributed by atoms with Crippen molar-refractivity contribution in [3.63, 3.8) is 0 Å². The number of fused-ring (bicyclic) bond motifs is 1. The lowest BCUT2D eigenvalue weighted by atomic mass is 10.2. The average molecular weight is 410 g/mol. The van der Waals surface area contributed by atoms with Crippen molar-refractivity contribution in [2.75, 3.05) is 12.3 Å². The minimum absolute atomic E-state index is 0.170. The van der Waals surface area contributed by atoms with Crippen molar-refractivity contribution in [3.8, 4) is 0 Å². The van der Waals surface area contributed by atoms with Crippen LogP contribution < -0.4 is 5.73 Å². The van der Waals surface area contributed by atoms with Crippen LogP contribution in [0.5, 0.6) is 0 Å². The van der Waals surface area contributed by atoms with Crippen molar-refractivity contribution in [2.45, 2.75) is 24.9 Å². The fourth-order valence-corrected chi connectivity index (χ4v) is 3.26. The number of ether oxygens (including phenoxy) is 1. The lowest BCUT2D eigenvalue weighted by Crippen LogP contribution is -2.25. The molecule has 5 N–H and O–H groups in total. The first-order valence-corrected chi connectivity index (χ1v) is 8.76. The van der Waals surface area contributed by atoms with E-state index in [0.29, 0.717) is 15.9 Å². The van der Waals surface area contributed by atoms with Gasteiger partial charge in [-0.25, -0.2) is 19.5 Å². The van der Waals surface area contributed by atoms with Crippen LogP contribution in [0.25, 0.3) is 11.2 Å². The number of phosphoric ester groups is 1. The zero-order chi connectivity index (χ0) is 16.8. The van der Waals surface area contributed by atoms with Crippen LogP contribution in [0.1, 0.15) is 12.6 Å². The Morgan fingerprint density at radius 1 is 1.52 bits per heavy atom. The molecule has 0 unspecified atom stereocenters. The van der Waals surface area contributed by atoms with E-state index in [4.69, 9.17) is 20.3 Å². The van der Waals surface area contributed by atoms with E-state index in [-0.39, 0.29) is 12.2 Å². The van der Waals surface area contributed by atoms with Gasteiger partial charge in [0.25, 0.3) is 0 Å². The van der Waals surface area contributed by atoms with Gasteiger partial charge in [-0.2, -0.15) is 0 Å². The Labute approximate surface area is 137 Å². The number of aromatic nitrogens is 4. The van der Waals surface area contributed by atoms with Gasteiger partial charge in [0, 0.05) is 6.42 Å². The van der Waals surface area contributed by atoms with Crippen LogP contribution in [0.15, 0.2) is 11.1 Å². The monoisotopic (exact) mass is 409 g/mol. The summed E-state index contributed by atoms with van der Waals surface area (Å²) >= 11 is 3.28. The molecule has 2 aromatic rings. The van der Waals surface area contributed by atoms with Crippen LogP contribution in [0.4, 0.5) is 5.82 Å². The lowest BCUT2D eigenvalue weighted by molar-refractivity contribution is -0.0431. The third kappa shape index (κ3) is 3.38. The van der Waals surface area contributed by atoms with E-state index in [2.05, 4.69) is 35.4 Å². The van der Waals surface area contributed by atoms with Crippen molar-refractivity contribution in [1.82, 2.24) is 19.5 Å². The van der Waals surface area contributed by atoms with E-state index in [1.165, 1.54) is 6.33 Å². The van der Waals surface area contributed by atoms with Gasteiger partial charge < -0.3 is 25.4 Å². The summed E-state index contributed by atoms with van der Waals surface area (Å²) < 4.78 is 22.7. The molecule has 1 saturated heterocycles. The van der Waals surface area contributed by atoms with Gasteiger partial charge in [-0.1, -0.05) is 0 Å². The number of nitrogens with two attached hydrogens (primary N) is 1. The fraction of sp³-hybridized carbons (Fsp3) is 0.500. The lowest BCUT2D eigenvalue weighted by Gasteiger charge is -2.16. The number of imidazole rings is 1. The minimum Gasteiger partial charge on any atom is -0.390 e. The highest BCUT2D eigenvalue weighted by molar-refractivity contribution is 9.10. The minimum atomic E-state index is -4.64. The molecule has 0 aromatic carbocycles. The standard InChI is InChI=1S/C10H13BrN5O6P/c11-10-15-7-8(12)13-3-14-9(7)16(10)6-1-4(17)5(22-6)2-21-23(18,19)20/h3-6,17H,1-2H2,(H2,12,13,14)(H2,18,19,20)/t4-,5+,6+/m0/s1. The summed E-state index contributed by atoms with van der Waals surface area (Å²) in [7, 11) is -4.64. The number of hydrogen-bond acceptors (Lipinski definition) is 8. The summed E-state index contributed by atoms with van der Waals surface area (Å²) in [6.07, 6.45) is -1.05. The molecule has 0 aliphatic carbocycles. The molecule has 0 amide bonds. The van der Waals surface area contributed by atoms with E-state index in [1.54, 1.807) is 4.57 Å². The van der Waals surface area contributed by atoms with Crippen LogP contribution in [0.3, 0.4) is 0 Å². The maximum Gasteiger partial charge on any atom is 0.469 e. The Morgan fingerprint density at radius 2 is 2.26 bits per heavy atom. The fourth-order valence-electron chi connectivity index (χ4n) is 2.35. The predicted octanol–water partition coefficient (Wildman–Crippen LogP) is -0.0713. The van der Waals surface area contributed by atoms with E-state index >= 15 is 0 Å². The summed E-state index contributed by atoms with van der Waals surface area (Å²) in [5.41, 5.74) is 6.54. The van der Waals surface area contributed by atoms with Gasteiger partial charge in [0.2, 0.25) is 0 Å². The van der Waals surface area contributed by atoms with Gasteiger partial charge in [0.15, 0.2) is 21.7 Å². The Kier molecular flexibility index (Phi) is 4.40. The number of halogens is 1. The number of anilines is 1. The van der Waals surface area contributed by atoms with E-state index in [1.807, 2.05) is 0 Å². The Hall–Kier alpha value is -1.14. The second-order valence-corrected chi connectivity index (χ2v) is 6.85. The maximum atomic E-state index is 10.8. The molecule has 1 fully saturated rings. The molecular weight excluding hydrogens is 397 g/mol. The third-order valence-electron chi connectivity index (χ3n) is 3.36. The van der Waals surface area contributed by atoms with Crippen LogP contribution in [0.2, 0.25) is 0 Å². The van der Waals surface area contributed by atoms with Gasteiger partial charge in [-0.05, 0) is 15.9 Å². The topological polar surface area (TPSA) is 166 Å². The van der Waals surface area contributed by atoms with E-state index in [0.717, 1.165) is 0 Å². The Morgan fingerprint density at radius 3 is 2.96 bits per heavy atom. The van der Waals surface area contributed by atoms with Gasteiger partial charge >= 0.3 is 7.82 Å². The molecule has 126 valence electrons. The molecule has 0 bridgehead atoms. The third-order valence-corrected chi connectivity index (χ3v) is 4.41. The number of hydrogen-bond donors (Lipinski definition) is 4. The van der Waals surface area contributed by atoms with Gasteiger partial charge in [-0.15, -0.1) is 0 Å². The summed E-state index contributed by atoms with van der Waals surface area (Å²) in [5.74, 6) is 0.203. The van der Waals surface area contributed by atoms with E-state index in [9.17, 15) is 9.67 Å². The van der Waals surface area contributed by atoms with Crippen molar-refractivity contribution >= 4 is 40.7 Å². The van der Waals surface area contributed by atoms with Crippen LogP contribution in [0, 0.1) is 0 Å². The molecule has 3 rings (SSSR count). The Bertz CT molecular complexity index is 780. The van der Waals surface area contributed by atoms with Crippen LogP contribution in [-0.4, -0.2) is 53.2 Å². The first-order chi connectivity index (χ1) is 10.8. The quantitative estimate of drug-likeness (QED) is 0.396. The van der Waals surface area contributed by atoms with Crippen molar-refractivity contribution < 1.29 is 28.7 Å². The van der Waals surface area contributed by atoms with Crippen LogP contribution >= 0.6 is 23.8 Å². The number of nitrogens with zero attached hydrogens (tertiary/aromatic N) is 4. The van der Waals surface area contributed by atoms with Crippen molar-refractivity contribution in [3.05, 3.63) is 11.1 Å². The smallest absolute Gasteiger partial charge is 0.390 e. The number of nitrogen functional groups attached to an aromatic ring is 1. The van der Waals surface area contributed by atoms with Crippen molar-refractivity contribution in [2.24, 2.45) is 0 Å². The zero-order valence-electron chi connectivity index (χ0n) is 11.5. The van der Waals surface area contributed by atoms with E-state index < -0.39 is 32.9 Å². The average Bonchev–Trinajstić information content (AvgIpc) is 2.96. The first-order valence-electron chi connectivity index (χ1n) is 6.44. The number of aliphatic hydroxyl groups excluding tert-OH is 1. The SMILES string of the molecule is Nc1ncnc2c1nc(Br)n2[C@H]1C[C@H](O)[C@@H](COP(=O)(O)O)O1. The molecule has 0 saturated carbocycles. The highest BCUT2D eigenvalue weighted by Crippen LogP contribution is 2.39. The number of aliphatic hydroxyl groups is 1. The van der Waals surface area contributed by atoms with Gasteiger partial charge in [0.05, 0.1) is 12.7 Å². The number of rotatable bonds is 4. The molecule has 13 heteroatoms. The maximum absolute atomic E-state index is 10.8. The van der Waals surface area contributed by atoms with Gasteiger partial charge in [0.1, 0.15) is 18.7 Å². The molecule has 3 atom stereocenters. The molecule has 3 heterocycles. The molecule has 23 heavy (non-hydrogen) atoms. The second kappa shape index (κ2) is 6.06. The number of phosphoric acid groups is 1.